The number of piperazine rings is 1. The van der Waals surface area contributed by atoms with E-state index in [0.29, 0.717) is 18.8 Å². The summed E-state index contributed by atoms with van der Waals surface area (Å²) in [5, 5.41) is 12.2. The maximum atomic E-state index is 13.2. The predicted octanol–water partition coefficient (Wildman–Crippen LogP) is 3.85. The molecule has 0 atom stereocenters. The maximum Gasteiger partial charge on any atom is 0.237 e. The average molecular weight is 436 g/mol. The van der Waals surface area contributed by atoms with Crippen LogP contribution in [0.5, 0.6) is 5.75 Å². The van der Waals surface area contributed by atoms with Crippen LogP contribution < -0.4 is 4.90 Å². The van der Waals surface area contributed by atoms with Crippen LogP contribution in [0, 0.1) is 0 Å². The van der Waals surface area contributed by atoms with Crippen LogP contribution in [0.1, 0.15) is 10.4 Å². The molecule has 1 amide bonds. The van der Waals surface area contributed by atoms with Crippen LogP contribution in [0.2, 0.25) is 0 Å². The van der Waals surface area contributed by atoms with E-state index in [1.807, 2.05) is 47.4 Å². The van der Waals surface area contributed by atoms with Gasteiger partial charge >= 0.3 is 0 Å². The Morgan fingerprint density at radius 1 is 0.935 bits per heavy atom. The molecule has 0 saturated carbocycles. The summed E-state index contributed by atoms with van der Waals surface area (Å²) in [5.74, 6) is 0.496. The quantitative estimate of drug-likeness (QED) is 0.584. The minimum atomic E-state index is 0.181. The van der Waals surface area contributed by atoms with Gasteiger partial charge in [0.2, 0.25) is 5.91 Å². The monoisotopic (exact) mass is 435 g/mol. The fourth-order valence-corrected chi connectivity index (χ4v) is 4.68. The third-order valence-electron chi connectivity index (χ3n) is 5.75. The van der Waals surface area contributed by atoms with Crippen LogP contribution in [-0.2, 0) is 17.8 Å². The lowest BCUT2D eigenvalue weighted by molar-refractivity contribution is -0.133. The van der Waals surface area contributed by atoms with E-state index in [9.17, 15) is 9.90 Å². The number of hydrogen-bond acceptors (Lipinski definition) is 5. The number of carbonyl (C=O) groups excluding carboxylic acids is 1. The first kappa shape index (κ1) is 21.4. The van der Waals surface area contributed by atoms with Crippen molar-refractivity contribution in [3.8, 4) is 5.75 Å². The highest BCUT2D eigenvalue weighted by molar-refractivity contribution is 7.09. The Bertz CT molecular complexity index is 954. The van der Waals surface area contributed by atoms with E-state index in [1.54, 1.807) is 17.4 Å². The number of anilines is 1. The second-order valence-electron chi connectivity index (χ2n) is 7.88. The van der Waals surface area contributed by atoms with Gasteiger partial charge in [0.1, 0.15) is 5.75 Å². The Labute approximate surface area is 188 Å². The number of carbonyl (C=O) groups is 1. The van der Waals surface area contributed by atoms with Gasteiger partial charge in [0.25, 0.3) is 0 Å². The molecule has 162 valence electrons. The molecule has 0 unspecified atom stereocenters. The number of rotatable bonds is 8. The number of hydrogen-bond donors (Lipinski definition) is 1. The molecule has 0 aliphatic carbocycles. The molecule has 4 rings (SSSR count). The van der Waals surface area contributed by atoms with Gasteiger partial charge in [-0.1, -0.05) is 48.5 Å². The van der Waals surface area contributed by atoms with Crippen LogP contribution in [0.3, 0.4) is 0 Å². The highest BCUT2D eigenvalue weighted by Crippen LogP contribution is 2.27. The molecule has 3 aromatic rings. The lowest BCUT2D eigenvalue weighted by Crippen LogP contribution is -2.50. The highest BCUT2D eigenvalue weighted by atomic mass is 32.1. The van der Waals surface area contributed by atoms with Gasteiger partial charge in [-0.25, -0.2) is 0 Å². The summed E-state index contributed by atoms with van der Waals surface area (Å²) in [4.78, 5) is 20.8. The third-order valence-corrected chi connectivity index (χ3v) is 6.61. The number of amides is 1. The molecule has 0 spiro atoms. The Kier molecular flexibility index (Phi) is 7.22. The molecule has 31 heavy (non-hydrogen) atoms. The smallest absolute Gasteiger partial charge is 0.237 e. The maximum absolute atomic E-state index is 13.2. The van der Waals surface area contributed by atoms with Crippen LogP contribution in [0.4, 0.5) is 5.69 Å². The van der Waals surface area contributed by atoms with Crippen molar-refractivity contribution in [2.75, 3.05) is 44.2 Å². The molecule has 0 radical (unpaired) electrons. The van der Waals surface area contributed by atoms with Crippen molar-refractivity contribution in [3.05, 3.63) is 82.6 Å². The van der Waals surface area contributed by atoms with Crippen LogP contribution in [0.25, 0.3) is 0 Å². The van der Waals surface area contributed by atoms with Crippen LogP contribution in [-0.4, -0.2) is 60.1 Å². The van der Waals surface area contributed by atoms with E-state index in [1.165, 1.54) is 10.4 Å². The number of benzene rings is 2. The summed E-state index contributed by atoms with van der Waals surface area (Å²) < 4.78 is 0. The largest absolute Gasteiger partial charge is 0.506 e. The molecular formula is C25H29N3O2S. The van der Waals surface area contributed by atoms with E-state index in [0.717, 1.165) is 44.8 Å². The molecule has 5 nitrogen and oxygen atoms in total. The van der Waals surface area contributed by atoms with Crippen molar-refractivity contribution < 1.29 is 9.90 Å². The fraction of sp³-hybridized carbons (Fsp3) is 0.320. The van der Waals surface area contributed by atoms with Gasteiger partial charge in [0.05, 0.1) is 18.8 Å². The third kappa shape index (κ3) is 5.87. The molecule has 1 aliphatic heterocycles. The molecule has 1 saturated heterocycles. The molecule has 1 N–H and O–H groups in total. The zero-order chi connectivity index (χ0) is 21.5. The number of nitrogens with zero attached hydrogens (tertiary/aromatic N) is 3. The van der Waals surface area contributed by atoms with E-state index < -0.39 is 0 Å². The summed E-state index contributed by atoms with van der Waals surface area (Å²) >= 11 is 1.70. The predicted molar refractivity (Wildman–Crippen MR) is 127 cm³/mol. The second-order valence-corrected chi connectivity index (χ2v) is 8.91. The lowest BCUT2D eigenvalue weighted by Gasteiger charge is -2.36. The Morgan fingerprint density at radius 3 is 2.39 bits per heavy atom. The first-order chi connectivity index (χ1) is 15.2. The molecule has 6 heteroatoms. The lowest BCUT2D eigenvalue weighted by atomic mass is 10.1. The summed E-state index contributed by atoms with van der Waals surface area (Å²) in [5.41, 5.74) is 2.12. The minimum absolute atomic E-state index is 0.181. The van der Waals surface area contributed by atoms with Crippen molar-refractivity contribution in [1.82, 2.24) is 9.80 Å². The van der Waals surface area contributed by atoms with Gasteiger partial charge in [0, 0.05) is 37.6 Å². The van der Waals surface area contributed by atoms with Crippen molar-refractivity contribution in [2.24, 2.45) is 0 Å². The molecule has 0 bridgehead atoms. The minimum Gasteiger partial charge on any atom is -0.506 e. The number of thiophene rings is 1. The number of phenolic OH excluding ortho intramolecular Hbond substituents is 1. The standard InChI is InChI=1S/C25H29N3O2S/c29-24-11-5-4-10-23(24)27-16-14-26(15-17-27)20-25(30)28(19-22-9-6-18-31-22)13-12-21-7-2-1-3-8-21/h1-11,18,29H,12-17,19-20H2. The Balaban J connectivity index is 1.34. The summed E-state index contributed by atoms with van der Waals surface area (Å²) in [7, 11) is 0. The van der Waals surface area contributed by atoms with Gasteiger partial charge in [0.15, 0.2) is 0 Å². The van der Waals surface area contributed by atoms with E-state index in [4.69, 9.17) is 0 Å². The highest BCUT2D eigenvalue weighted by Gasteiger charge is 2.23. The Hall–Kier alpha value is -2.83. The Morgan fingerprint density at radius 2 is 1.68 bits per heavy atom. The van der Waals surface area contributed by atoms with Gasteiger partial charge < -0.3 is 14.9 Å². The number of phenols is 1. The molecule has 1 aliphatic rings. The number of aromatic hydroxyl groups is 1. The summed E-state index contributed by atoms with van der Waals surface area (Å²) in [6.07, 6.45) is 0.860. The number of para-hydroxylation sites is 2. The molecule has 1 fully saturated rings. The zero-order valence-electron chi connectivity index (χ0n) is 17.7. The molecule has 2 aromatic carbocycles. The van der Waals surface area contributed by atoms with Gasteiger partial charge in [-0.2, -0.15) is 0 Å². The second kappa shape index (κ2) is 10.5. The molecular weight excluding hydrogens is 406 g/mol. The van der Waals surface area contributed by atoms with E-state index in [-0.39, 0.29) is 5.91 Å². The topological polar surface area (TPSA) is 47.0 Å². The normalized spacial score (nSPS) is 14.5. The van der Waals surface area contributed by atoms with E-state index >= 15 is 0 Å². The summed E-state index contributed by atoms with van der Waals surface area (Å²) in [6, 6.07) is 21.9. The van der Waals surface area contributed by atoms with Crippen LogP contribution in [0.15, 0.2) is 72.1 Å². The molecule has 2 heterocycles. The van der Waals surface area contributed by atoms with Crippen molar-refractivity contribution in [2.45, 2.75) is 13.0 Å². The molecule has 1 aromatic heterocycles. The summed E-state index contributed by atoms with van der Waals surface area (Å²) in [6.45, 7) is 5.06. The average Bonchev–Trinajstić information content (AvgIpc) is 3.31. The first-order valence-corrected chi connectivity index (χ1v) is 11.7. The van der Waals surface area contributed by atoms with Crippen molar-refractivity contribution >= 4 is 22.9 Å². The van der Waals surface area contributed by atoms with Gasteiger partial charge in [-0.3, -0.25) is 9.69 Å². The van der Waals surface area contributed by atoms with Crippen molar-refractivity contribution in [3.63, 3.8) is 0 Å². The fourth-order valence-electron chi connectivity index (χ4n) is 3.96. The van der Waals surface area contributed by atoms with Gasteiger partial charge in [-0.15, -0.1) is 11.3 Å². The van der Waals surface area contributed by atoms with E-state index in [2.05, 4.69) is 33.4 Å². The first-order valence-electron chi connectivity index (χ1n) is 10.8. The van der Waals surface area contributed by atoms with Gasteiger partial charge in [-0.05, 0) is 35.6 Å². The van der Waals surface area contributed by atoms with Crippen LogP contribution >= 0.6 is 11.3 Å². The zero-order valence-corrected chi connectivity index (χ0v) is 18.5. The van der Waals surface area contributed by atoms with Crippen molar-refractivity contribution in [1.29, 1.82) is 0 Å². The SMILES string of the molecule is O=C(CN1CCN(c2ccccc2O)CC1)N(CCc1ccccc1)Cc1cccs1.